The molecule has 222 valence electrons. The standard InChI is InChI=1S/C35H35Cl2N3O3/c1-35(2,3)38-33(42)30(21-23-11-5-4-6-12-23)40(22-26-27(36)16-9-17-28(26)37)31(41)19-10-20-39-29-18-8-14-24-13-7-15-25(32(24)29)34(39)43/h4-9,11-18,30H,10,19-22H2,1-3H3,(H,38,42)/t30-/m1/s1. The predicted octanol–water partition coefficient (Wildman–Crippen LogP) is 7.44. The Bertz CT molecular complexity index is 1640. The van der Waals surface area contributed by atoms with Crippen molar-refractivity contribution in [1.29, 1.82) is 0 Å². The second-order valence-electron chi connectivity index (χ2n) is 11.9. The number of carbonyl (C=O) groups is 3. The summed E-state index contributed by atoms with van der Waals surface area (Å²) in [5, 5.41) is 5.87. The molecule has 4 aromatic rings. The first-order chi connectivity index (χ1) is 20.5. The highest BCUT2D eigenvalue weighted by Crippen LogP contribution is 2.37. The Hall–Kier alpha value is -3.87. The quantitative estimate of drug-likeness (QED) is 0.201. The summed E-state index contributed by atoms with van der Waals surface area (Å²) in [5.74, 6) is -0.543. The number of benzene rings is 4. The molecule has 1 aliphatic rings. The van der Waals surface area contributed by atoms with Crippen LogP contribution in [0.15, 0.2) is 84.9 Å². The van der Waals surface area contributed by atoms with Crippen LogP contribution in [-0.2, 0) is 22.6 Å². The van der Waals surface area contributed by atoms with E-state index in [0.29, 0.717) is 40.6 Å². The summed E-state index contributed by atoms with van der Waals surface area (Å²) in [6.45, 7) is 6.17. The molecule has 8 heteroatoms. The first-order valence-corrected chi connectivity index (χ1v) is 15.2. The first kappa shape index (κ1) is 30.6. The molecule has 0 saturated heterocycles. The molecule has 0 aromatic heterocycles. The second-order valence-corrected chi connectivity index (χ2v) is 12.7. The number of nitrogens with zero attached hydrogens (tertiary/aromatic N) is 2. The third-order valence-electron chi connectivity index (χ3n) is 7.58. The highest BCUT2D eigenvalue weighted by atomic mass is 35.5. The number of carbonyl (C=O) groups excluding carboxylic acids is 3. The van der Waals surface area contributed by atoms with E-state index in [0.717, 1.165) is 22.0 Å². The predicted molar refractivity (Wildman–Crippen MR) is 174 cm³/mol. The number of hydrogen-bond acceptors (Lipinski definition) is 3. The smallest absolute Gasteiger partial charge is 0.258 e. The van der Waals surface area contributed by atoms with Gasteiger partial charge < -0.3 is 15.1 Å². The number of hydrogen-bond donors (Lipinski definition) is 1. The lowest BCUT2D eigenvalue weighted by atomic mass is 10.00. The van der Waals surface area contributed by atoms with Crippen LogP contribution in [0.1, 0.15) is 55.1 Å². The Morgan fingerprint density at radius 3 is 2.21 bits per heavy atom. The SMILES string of the molecule is CC(C)(C)NC(=O)[C@@H](Cc1ccccc1)N(Cc1c(Cl)cccc1Cl)C(=O)CCCN1C(=O)c2cccc3cccc1c23. The fraction of sp³-hybridized carbons (Fsp3) is 0.286. The number of rotatable bonds is 10. The van der Waals surface area contributed by atoms with Crippen molar-refractivity contribution in [2.24, 2.45) is 0 Å². The summed E-state index contributed by atoms with van der Waals surface area (Å²) < 4.78 is 0. The van der Waals surface area contributed by atoms with E-state index in [4.69, 9.17) is 23.2 Å². The van der Waals surface area contributed by atoms with Crippen LogP contribution in [0, 0.1) is 0 Å². The minimum Gasteiger partial charge on any atom is -0.350 e. The van der Waals surface area contributed by atoms with Crippen molar-refractivity contribution in [2.45, 2.75) is 58.2 Å². The van der Waals surface area contributed by atoms with Gasteiger partial charge in [-0.15, -0.1) is 0 Å². The maximum atomic E-state index is 14.1. The molecule has 0 fully saturated rings. The van der Waals surface area contributed by atoms with Crippen LogP contribution in [0.2, 0.25) is 10.0 Å². The van der Waals surface area contributed by atoms with Gasteiger partial charge >= 0.3 is 0 Å². The third-order valence-corrected chi connectivity index (χ3v) is 8.29. The Labute approximate surface area is 262 Å². The van der Waals surface area contributed by atoms with E-state index in [1.807, 2.05) is 87.5 Å². The zero-order valence-corrected chi connectivity index (χ0v) is 26.1. The Balaban J connectivity index is 1.41. The molecule has 0 unspecified atom stereocenters. The summed E-state index contributed by atoms with van der Waals surface area (Å²) in [4.78, 5) is 44.5. The van der Waals surface area contributed by atoms with Crippen LogP contribution in [0.4, 0.5) is 5.69 Å². The van der Waals surface area contributed by atoms with E-state index in [2.05, 4.69) is 5.32 Å². The van der Waals surface area contributed by atoms with Crippen LogP contribution in [-0.4, -0.2) is 40.7 Å². The van der Waals surface area contributed by atoms with Crippen LogP contribution in [0.3, 0.4) is 0 Å². The lowest BCUT2D eigenvalue weighted by Crippen LogP contribution is -2.54. The summed E-state index contributed by atoms with van der Waals surface area (Å²) in [6.07, 6.45) is 0.866. The molecular weight excluding hydrogens is 581 g/mol. The molecule has 1 N–H and O–H groups in total. The second kappa shape index (κ2) is 12.8. The molecule has 6 nitrogen and oxygen atoms in total. The van der Waals surface area contributed by atoms with Gasteiger partial charge in [-0.3, -0.25) is 14.4 Å². The van der Waals surface area contributed by atoms with Gasteiger partial charge in [-0.05, 0) is 62.4 Å². The number of halogens is 2. The van der Waals surface area contributed by atoms with Gasteiger partial charge in [-0.1, -0.05) is 83.9 Å². The monoisotopic (exact) mass is 615 g/mol. The molecule has 4 aromatic carbocycles. The van der Waals surface area contributed by atoms with Gasteiger partial charge in [0.2, 0.25) is 11.8 Å². The van der Waals surface area contributed by atoms with Gasteiger partial charge in [0.05, 0.1) is 5.69 Å². The molecule has 3 amide bonds. The summed E-state index contributed by atoms with van der Waals surface area (Å²) >= 11 is 13.1. The first-order valence-electron chi connectivity index (χ1n) is 14.5. The van der Waals surface area contributed by atoms with Gasteiger partial charge in [-0.25, -0.2) is 0 Å². The maximum absolute atomic E-state index is 14.1. The topological polar surface area (TPSA) is 69.7 Å². The minimum atomic E-state index is -0.812. The molecule has 0 bridgehead atoms. The van der Waals surface area contributed by atoms with Crippen molar-refractivity contribution in [3.05, 3.63) is 112 Å². The minimum absolute atomic E-state index is 0.0644. The van der Waals surface area contributed by atoms with E-state index in [1.165, 1.54) is 0 Å². The van der Waals surface area contributed by atoms with Crippen molar-refractivity contribution in [3.8, 4) is 0 Å². The van der Waals surface area contributed by atoms with E-state index in [1.54, 1.807) is 28.0 Å². The van der Waals surface area contributed by atoms with Crippen molar-refractivity contribution in [3.63, 3.8) is 0 Å². The van der Waals surface area contributed by atoms with Crippen LogP contribution >= 0.6 is 23.2 Å². The maximum Gasteiger partial charge on any atom is 0.258 e. The van der Waals surface area contributed by atoms with Gasteiger partial charge in [0, 0.05) is 58.0 Å². The zero-order chi connectivity index (χ0) is 30.7. The van der Waals surface area contributed by atoms with Crippen LogP contribution < -0.4 is 10.2 Å². The lowest BCUT2D eigenvalue weighted by molar-refractivity contribution is -0.142. The Kier molecular flexibility index (Phi) is 9.09. The molecule has 43 heavy (non-hydrogen) atoms. The van der Waals surface area contributed by atoms with Gasteiger partial charge in [-0.2, -0.15) is 0 Å². The van der Waals surface area contributed by atoms with Gasteiger partial charge in [0.15, 0.2) is 0 Å². The van der Waals surface area contributed by atoms with Crippen LogP contribution in [0.25, 0.3) is 10.8 Å². The molecule has 0 radical (unpaired) electrons. The number of nitrogens with one attached hydrogen (secondary N) is 1. The van der Waals surface area contributed by atoms with Crippen LogP contribution in [0.5, 0.6) is 0 Å². The van der Waals surface area contributed by atoms with Gasteiger partial charge in [0.1, 0.15) is 6.04 Å². The summed E-state index contributed by atoms with van der Waals surface area (Å²) in [5.41, 5.74) is 2.54. The summed E-state index contributed by atoms with van der Waals surface area (Å²) in [7, 11) is 0. The molecule has 1 heterocycles. The van der Waals surface area contributed by atoms with E-state index in [9.17, 15) is 14.4 Å². The molecule has 0 saturated carbocycles. The van der Waals surface area contributed by atoms with E-state index < -0.39 is 11.6 Å². The third kappa shape index (κ3) is 6.87. The molecule has 5 rings (SSSR count). The zero-order valence-electron chi connectivity index (χ0n) is 24.6. The highest BCUT2D eigenvalue weighted by Gasteiger charge is 2.34. The van der Waals surface area contributed by atoms with E-state index in [-0.39, 0.29) is 30.7 Å². The largest absolute Gasteiger partial charge is 0.350 e. The van der Waals surface area contributed by atoms with Crippen molar-refractivity contribution in [2.75, 3.05) is 11.4 Å². The molecule has 0 aliphatic carbocycles. The molecular formula is C35H35Cl2N3O3. The summed E-state index contributed by atoms with van der Waals surface area (Å²) in [6, 6.07) is 25.6. The highest BCUT2D eigenvalue weighted by molar-refractivity contribution is 6.36. The molecule has 0 spiro atoms. The normalized spacial score (nSPS) is 13.3. The number of amides is 3. The van der Waals surface area contributed by atoms with Gasteiger partial charge in [0.25, 0.3) is 5.91 Å². The average molecular weight is 617 g/mol. The average Bonchev–Trinajstić information content (AvgIpc) is 3.24. The Morgan fingerprint density at radius 2 is 1.53 bits per heavy atom. The fourth-order valence-electron chi connectivity index (χ4n) is 5.59. The van der Waals surface area contributed by atoms with E-state index >= 15 is 0 Å². The lowest BCUT2D eigenvalue weighted by Gasteiger charge is -2.34. The molecule has 1 atom stereocenters. The van der Waals surface area contributed by atoms with Crippen molar-refractivity contribution in [1.82, 2.24) is 10.2 Å². The Morgan fingerprint density at radius 1 is 0.884 bits per heavy atom. The van der Waals surface area contributed by atoms with Crippen molar-refractivity contribution < 1.29 is 14.4 Å². The fourth-order valence-corrected chi connectivity index (χ4v) is 6.11. The van der Waals surface area contributed by atoms with Crippen molar-refractivity contribution >= 4 is 57.4 Å². The molecule has 1 aliphatic heterocycles. The number of anilines is 1.